The Hall–Kier alpha value is -1.26. The van der Waals surface area contributed by atoms with Crippen molar-refractivity contribution in [1.82, 2.24) is 10.6 Å². The van der Waals surface area contributed by atoms with Gasteiger partial charge in [0.05, 0.1) is 0 Å². The van der Waals surface area contributed by atoms with Gasteiger partial charge in [-0.15, -0.1) is 0 Å². The van der Waals surface area contributed by atoms with E-state index in [1.165, 1.54) is 12.8 Å². The molecule has 5 heteroatoms. The van der Waals surface area contributed by atoms with Crippen molar-refractivity contribution in [3.8, 4) is 0 Å². The summed E-state index contributed by atoms with van der Waals surface area (Å²) in [6.45, 7) is 4.52. The zero-order chi connectivity index (χ0) is 15.5. The molecule has 120 valence electrons. The first-order valence-corrected chi connectivity index (χ1v) is 8.26. The first-order chi connectivity index (χ1) is 9.96. The number of carboxylic acid groups (broad SMARTS) is 1. The number of carbonyl (C=O) groups excluding carboxylic acids is 1. The van der Waals surface area contributed by atoms with Gasteiger partial charge in [-0.25, -0.2) is 9.59 Å². The molecule has 2 fully saturated rings. The molecule has 0 saturated heterocycles. The van der Waals surface area contributed by atoms with Crippen LogP contribution in [0.2, 0.25) is 0 Å². The van der Waals surface area contributed by atoms with Gasteiger partial charge in [-0.05, 0) is 43.4 Å². The van der Waals surface area contributed by atoms with Gasteiger partial charge in [-0.2, -0.15) is 0 Å². The molecule has 2 amide bonds. The predicted octanol–water partition coefficient (Wildman–Crippen LogP) is 2.76. The fourth-order valence-electron chi connectivity index (χ4n) is 4.08. The lowest BCUT2D eigenvalue weighted by atomic mass is 9.67. The number of carbonyl (C=O) groups is 2. The molecule has 2 unspecified atom stereocenters. The van der Waals surface area contributed by atoms with Crippen LogP contribution in [-0.4, -0.2) is 29.2 Å². The van der Waals surface area contributed by atoms with Crippen LogP contribution >= 0.6 is 0 Å². The summed E-state index contributed by atoms with van der Waals surface area (Å²) >= 11 is 0. The number of hydrogen-bond donors (Lipinski definition) is 3. The van der Waals surface area contributed by atoms with Crippen molar-refractivity contribution in [3.05, 3.63) is 0 Å². The number of carboxylic acids is 1. The van der Waals surface area contributed by atoms with E-state index in [1.54, 1.807) is 0 Å². The quantitative estimate of drug-likeness (QED) is 0.746. The van der Waals surface area contributed by atoms with Gasteiger partial charge in [0.25, 0.3) is 0 Å². The largest absolute Gasteiger partial charge is 0.479 e. The summed E-state index contributed by atoms with van der Waals surface area (Å²) < 4.78 is 0. The third-order valence-corrected chi connectivity index (χ3v) is 5.53. The summed E-state index contributed by atoms with van der Waals surface area (Å²) in [7, 11) is 0. The van der Waals surface area contributed by atoms with Crippen molar-refractivity contribution >= 4 is 12.0 Å². The van der Waals surface area contributed by atoms with Crippen molar-refractivity contribution < 1.29 is 14.7 Å². The van der Waals surface area contributed by atoms with Crippen molar-refractivity contribution in [2.75, 3.05) is 6.54 Å². The summed E-state index contributed by atoms with van der Waals surface area (Å²) in [5.74, 6) is -0.442. The van der Waals surface area contributed by atoms with E-state index in [2.05, 4.69) is 10.6 Å². The average Bonchev–Trinajstić information content (AvgIpc) is 2.94. The summed E-state index contributed by atoms with van der Waals surface area (Å²) in [5, 5.41) is 15.4. The Morgan fingerprint density at radius 2 is 1.62 bits per heavy atom. The highest BCUT2D eigenvalue weighted by Gasteiger charge is 2.51. The van der Waals surface area contributed by atoms with Crippen LogP contribution in [0.25, 0.3) is 0 Å². The molecule has 0 spiro atoms. The molecule has 21 heavy (non-hydrogen) atoms. The average molecular weight is 296 g/mol. The maximum absolute atomic E-state index is 12.2. The summed E-state index contributed by atoms with van der Waals surface area (Å²) in [5.41, 5.74) is -1.13. The number of hydrogen-bond acceptors (Lipinski definition) is 2. The van der Waals surface area contributed by atoms with Crippen molar-refractivity contribution in [1.29, 1.82) is 0 Å². The lowest BCUT2D eigenvalue weighted by Crippen LogP contribution is -2.65. The molecule has 2 aliphatic rings. The zero-order valence-electron chi connectivity index (χ0n) is 13.2. The Morgan fingerprint density at radius 1 is 1.05 bits per heavy atom. The lowest BCUT2D eigenvalue weighted by molar-refractivity contribution is -0.151. The maximum Gasteiger partial charge on any atom is 0.330 e. The minimum Gasteiger partial charge on any atom is -0.479 e. The first kappa shape index (κ1) is 16.1. The molecule has 2 rings (SSSR count). The van der Waals surface area contributed by atoms with Crippen LogP contribution in [0.15, 0.2) is 0 Å². The third-order valence-electron chi connectivity index (χ3n) is 5.53. The number of amides is 2. The molecule has 0 radical (unpaired) electrons. The molecule has 0 bridgehead atoms. The maximum atomic E-state index is 12.2. The van der Waals surface area contributed by atoms with Gasteiger partial charge >= 0.3 is 12.0 Å². The Labute approximate surface area is 126 Å². The van der Waals surface area contributed by atoms with E-state index in [1.807, 2.05) is 13.8 Å². The standard InChI is InChI=1S/C16H28N2O3/c1-11-6-5-7-12(2)16(11,14(19)20)18-15(21)17-10-13-8-3-4-9-13/h11-13H,3-10H2,1-2H3,(H,19,20)(H2,17,18,21). The number of rotatable bonds is 4. The van der Waals surface area contributed by atoms with E-state index < -0.39 is 11.5 Å². The molecule has 0 aromatic rings. The molecule has 5 nitrogen and oxygen atoms in total. The SMILES string of the molecule is CC1CCCC(C)C1(NC(=O)NCC1CCCC1)C(=O)O. The molecule has 2 aliphatic carbocycles. The third kappa shape index (κ3) is 3.33. The van der Waals surface area contributed by atoms with Crippen LogP contribution in [-0.2, 0) is 4.79 Å². The molecule has 0 aromatic carbocycles. The van der Waals surface area contributed by atoms with Crippen LogP contribution in [0.3, 0.4) is 0 Å². The minimum atomic E-state index is -1.13. The second-order valence-electron chi connectivity index (χ2n) is 6.89. The second kappa shape index (κ2) is 6.67. The zero-order valence-corrected chi connectivity index (χ0v) is 13.2. The van der Waals surface area contributed by atoms with Gasteiger partial charge in [0.1, 0.15) is 5.54 Å². The molecule has 2 saturated carbocycles. The van der Waals surface area contributed by atoms with Gasteiger partial charge in [-0.3, -0.25) is 0 Å². The van der Waals surface area contributed by atoms with Crippen LogP contribution in [0, 0.1) is 17.8 Å². The highest BCUT2D eigenvalue weighted by molar-refractivity contribution is 5.87. The number of nitrogens with one attached hydrogen (secondary N) is 2. The van der Waals surface area contributed by atoms with E-state index in [0.717, 1.165) is 32.1 Å². The molecule has 2 atom stereocenters. The molecule has 0 aromatic heterocycles. The van der Waals surface area contributed by atoms with E-state index in [-0.39, 0.29) is 17.9 Å². The highest BCUT2D eigenvalue weighted by Crippen LogP contribution is 2.38. The minimum absolute atomic E-state index is 0.0454. The lowest BCUT2D eigenvalue weighted by Gasteiger charge is -2.44. The highest BCUT2D eigenvalue weighted by atomic mass is 16.4. The number of urea groups is 1. The normalized spacial score (nSPS) is 33.6. The summed E-state index contributed by atoms with van der Waals surface area (Å²) in [6, 6.07) is -0.329. The Kier molecular flexibility index (Phi) is 5.12. The van der Waals surface area contributed by atoms with Gasteiger partial charge in [0.15, 0.2) is 0 Å². The monoisotopic (exact) mass is 296 g/mol. The molecule has 3 N–H and O–H groups in total. The van der Waals surface area contributed by atoms with Crippen molar-refractivity contribution in [2.45, 2.75) is 64.3 Å². The van der Waals surface area contributed by atoms with Crippen LogP contribution in [0.5, 0.6) is 0 Å². The fraction of sp³-hybridized carbons (Fsp3) is 0.875. The van der Waals surface area contributed by atoms with Gasteiger partial charge in [0, 0.05) is 6.54 Å². The van der Waals surface area contributed by atoms with E-state index >= 15 is 0 Å². The first-order valence-electron chi connectivity index (χ1n) is 8.26. The molecular weight excluding hydrogens is 268 g/mol. The van der Waals surface area contributed by atoms with E-state index in [9.17, 15) is 14.7 Å². The fourth-order valence-corrected chi connectivity index (χ4v) is 4.08. The van der Waals surface area contributed by atoms with E-state index in [4.69, 9.17) is 0 Å². The van der Waals surface area contributed by atoms with Crippen molar-refractivity contribution in [3.63, 3.8) is 0 Å². The Bertz CT molecular complexity index is 381. The summed E-state index contributed by atoms with van der Waals surface area (Å²) in [6.07, 6.45) is 7.53. The second-order valence-corrected chi connectivity index (χ2v) is 6.89. The Balaban J connectivity index is 1.98. The van der Waals surface area contributed by atoms with Crippen LogP contribution in [0.1, 0.15) is 58.8 Å². The Morgan fingerprint density at radius 3 is 2.14 bits per heavy atom. The van der Waals surface area contributed by atoms with E-state index in [0.29, 0.717) is 12.5 Å². The van der Waals surface area contributed by atoms with Gasteiger partial charge in [0.2, 0.25) is 0 Å². The van der Waals surface area contributed by atoms with Gasteiger partial charge < -0.3 is 15.7 Å². The molecular formula is C16H28N2O3. The molecule has 0 heterocycles. The smallest absolute Gasteiger partial charge is 0.330 e. The molecule has 0 aliphatic heterocycles. The predicted molar refractivity (Wildman–Crippen MR) is 81.0 cm³/mol. The topological polar surface area (TPSA) is 78.4 Å². The van der Waals surface area contributed by atoms with Crippen LogP contribution < -0.4 is 10.6 Å². The van der Waals surface area contributed by atoms with Gasteiger partial charge in [-0.1, -0.05) is 33.1 Å². The summed E-state index contributed by atoms with van der Waals surface area (Å²) in [4.78, 5) is 24.0. The van der Waals surface area contributed by atoms with Crippen LogP contribution in [0.4, 0.5) is 4.79 Å². The number of aliphatic carboxylic acids is 1. The van der Waals surface area contributed by atoms with Crippen molar-refractivity contribution in [2.24, 2.45) is 17.8 Å².